The van der Waals surface area contributed by atoms with Crippen LogP contribution in [0.4, 0.5) is 5.69 Å². The van der Waals surface area contributed by atoms with Crippen LogP contribution in [0.3, 0.4) is 0 Å². The van der Waals surface area contributed by atoms with Gasteiger partial charge in [-0.25, -0.2) is 5.43 Å². The fourth-order valence-corrected chi connectivity index (χ4v) is 1.93. The monoisotopic (exact) mass is 325 g/mol. The van der Waals surface area contributed by atoms with Crippen LogP contribution >= 0.6 is 0 Å². The van der Waals surface area contributed by atoms with Crippen LogP contribution in [0.25, 0.3) is 6.08 Å². The van der Waals surface area contributed by atoms with E-state index >= 15 is 0 Å². The van der Waals surface area contributed by atoms with Gasteiger partial charge < -0.3 is 5.11 Å². The molecule has 0 aromatic heterocycles. The van der Waals surface area contributed by atoms with Crippen molar-refractivity contribution >= 4 is 23.9 Å². The Balaban J connectivity index is 1.93. The number of carbonyl (C=O) groups is 1. The van der Waals surface area contributed by atoms with Crippen molar-refractivity contribution in [2.24, 2.45) is 5.10 Å². The highest BCUT2D eigenvalue weighted by atomic mass is 16.6. The first-order valence-electron chi connectivity index (χ1n) is 7.05. The molecule has 0 heterocycles. The number of nitrogens with zero attached hydrogens (tertiary/aromatic N) is 2. The maximum Gasteiger partial charge on any atom is 0.276 e. The van der Waals surface area contributed by atoms with Crippen LogP contribution in [0.5, 0.6) is 0 Å². The van der Waals surface area contributed by atoms with E-state index in [1.165, 1.54) is 24.4 Å². The van der Waals surface area contributed by atoms with Crippen molar-refractivity contribution in [1.29, 1.82) is 0 Å². The molecule has 0 spiro atoms. The number of hydrogen-bond donors (Lipinski definition) is 2. The van der Waals surface area contributed by atoms with Gasteiger partial charge in [0.15, 0.2) is 6.10 Å². The molecule has 0 radical (unpaired) electrons. The second-order valence-corrected chi connectivity index (χ2v) is 4.74. The average Bonchev–Trinajstić information content (AvgIpc) is 2.61. The summed E-state index contributed by atoms with van der Waals surface area (Å²) in [6, 6.07) is 14.7. The summed E-state index contributed by atoms with van der Waals surface area (Å²) < 4.78 is 0. The largest absolute Gasteiger partial charge is 0.378 e. The Morgan fingerprint density at radius 2 is 1.83 bits per heavy atom. The number of carbonyl (C=O) groups excluding carboxylic acids is 1. The predicted molar refractivity (Wildman–Crippen MR) is 90.2 cm³/mol. The molecule has 0 saturated heterocycles. The first kappa shape index (κ1) is 17.0. The molecular weight excluding hydrogens is 310 g/mol. The van der Waals surface area contributed by atoms with Gasteiger partial charge in [0.25, 0.3) is 11.6 Å². The number of allylic oxidation sites excluding steroid dienone is 1. The molecule has 0 fully saturated rings. The lowest BCUT2D eigenvalue weighted by atomic mass is 10.1. The fourth-order valence-electron chi connectivity index (χ4n) is 1.93. The minimum atomic E-state index is -1.32. The summed E-state index contributed by atoms with van der Waals surface area (Å²) in [6.45, 7) is 0. The van der Waals surface area contributed by atoms with Crippen LogP contribution < -0.4 is 5.43 Å². The molecule has 0 saturated carbocycles. The molecule has 24 heavy (non-hydrogen) atoms. The lowest BCUT2D eigenvalue weighted by Gasteiger charge is -2.08. The van der Waals surface area contributed by atoms with Gasteiger partial charge in [0.05, 0.1) is 10.5 Å². The molecule has 0 aliphatic rings. The summed E-state index contributed by atoms with van der Waals surface area (Å²) in [5.74, 6) is -0.670. The third-order valence-corrected chi connectivity index (χ3v) is 3.11. The molecule has 2 rings (SSSR count). The summed E-state index contributed by atoms with van der Waals surface area (Å²) in [5.41, 5.74) is 3.06. The Morgan fingerprint density at radius 3 is 2.54 bits per heavy atom. The van der Waals surface area contributed by atoms with E-state index in [0.29, 0.717) is 11.1 Å². The Hall–Kier alpha value is -3.32. The van der Waals surface area contributed by atoms with Crippen molar-refractivity contribution in [1.82, 2.24) is 5.43 Å². The average molecular weight is 325 g/mol. The second kappa shape index (κ2) is 8.35. The third kappa shape index (κ3) is 4.59. The smallest absolute Gasteiger partial charge is 0.276 e. The molecule has 122 valence electrons. The Morgan fingerprint density at radius 1 is 1.17 bits per heavy atom. The second-order valence-electron chi connectivity index (χ2n) is 4.74. The Kier molecular flexibility index (Phi) is 5.93. The van der Waals surface area contributed by atoms with Crippen molar-refractivity contribution in [3.05, 3.63) is 81.9 Å². The van der Waals surface area contributed by atoms with E-state index in [9.17, 15) is 20.0 Å². The number of rotatable bonds is 6. The van der Waals surface area contributed by atoms with Crippen LogP contribution in [-0.4, -0.2) is 22.2 Å². The summed E-state index contributed by atoms with van der Waals surface area (Å²) >= 11 is 0. The molecule has 7 heteroatoms. The van der Waals surface area contributed by atoms with E-state index in [-0.39, 0.29) is 5.69 Å². The molecule has 0 aliphatic carbocycles. The number of amides is 1. The number of nitrogens with one attached hydrogen (secondary N) is 1. The molecule has 0 aliphatic heterocycles. The zero-order valence-corrected chi connectivity index (χ0v) is 12.6. The van der Waals surface area contributed by atoms with Gasteiger partial charge in [0, 0.05) is 12.3 Å². The number of para-hydroxylation sites is 1. The molecule has 1 amide bonds. The van der Waals surface area contributed by atoms with Crippen molar-refractivity contribution in [2.75, 3.05) is 0 Å². The number of benzene rings is 2. The molecule has 2 aromatic rings. The van der Waals surface area contributed by atoms with Crippen LogP contribution in [-0.2, 0) is 4.79 Å². The van der Waals surface area contributed by atoms with Gasteiger partial charge in [-0.1, -0.05) is 42.5 Å². The van der Waals surface area contributed by atoms with Gasteiger partial charge in [0.2, 0.25) is 0 Å². The first-order chi connectivity index (χ1) is 11.6. The van der Waals surface area contributed by atoms with Gasteiger partial charge in [-0.05, 0) is 23.8 Å². The van der Waals surface area contributed by atoms with Gasteiger partial charge in [-0.15, -0.1) is 0 Å². The minimum absolute atomic E-state index is 0.0225. The predicted octanol–water partition coefficient (Wildman–Crippen LogP) is 2.44. The highest BCUT2D eigenvalue weighted by Crippen LogP contribution is 2.18. The van der Waals surface area contributed by atoms with E-state index in [2.05, 4.69) is 10.5 Å². The van der Waals surface area contributed by atoms with Crippen molar-refractivity contribution in [3.63, 3.8) is 0 Å². The van der Waals surface area contributed by atoms with Crippen LogP contribution in [0.2, 0.25) is 0 Å². The molecule has 2 N–H and O–H groups in total. The summed E-state index contributed by atoms with van der Waals surface area (Å²) in [5, 5.41) is 24.4. The number of aliphatic hydroxyl groups is 1. The number of nitro groups is 1. The van der Waals surface area contributed by atoms with Gasteiger partial charge >= 0.3 is 0 Å². The quantitative estimate of drug-likeness (QED) is 0.483. The third-order valence-electron chi connectivity index (χ3n) is 3.11. The maximum absolute atomic E-state index is 11.7. The molecule has 2 aromatic carbocycles. The highest BCUT2D eigenvalue weighted by molar-refractivity contribution is 5.84. The first-order valence-corrected chi connectivity index (χ1v) is 7.05. The number of aliphatic hydroxyl groups excluding tert-OH is 1. The summed E-state index contributed by atoms with van der Waals surface area (Å²) in [6.07, 6.45) is 2.91. The lowest BCUT2D eigenvalue weighted by molar-refractivity contribution is -0.385. The number of nitro benzene ring substituents is 1. The standard InChI is InChI=1S/C17H15N3O4/c21-16(14-8-2-1-3-9-14)17(22)19-18-12-6-10-13-7-4-5-11-15(13)20(23)24/h1-12,16,21H,(H,19,22)/b10-6+,18-12-/t16-/m1/s1. The lowest BCUT2D eigenvalue weighted by Crippen LogP contribution is -2.24. The van der Waals surface area contributed by atoms with Gasteiger partial charge in [-0.2, -0.15) is 5.10 Å². The Labute approximate surface area is 138 Å². The van der Waals surface area contributed by atoms with Gasteiger partial charge in [0.1, 0.15) is 0 Å². The molecule has 1 atom stereocenters. The van der Waals surface area contributed by atoms with E-state index < -0.39 is 16.9 Å². The summed E-state index contributed by atoms with van der Waals surface area (Å²) in [7, 11) is 0. The van der Waals surface area contributed by atoms with Crippen molar-refractivity contribution < 1.29 is 14.8 Å². The molecule has 0 unspecified atom stereocenters. The van der Waals surface area contributed by atoms with E-state index in [4.69, 9.17) is 0 Å². The van der Waals surface area contributed by atoms with Crippen LogP contribution in [0, 0.1) is 10.1 Å². The molecular formula is C17H15N3O4. The van der Waals surface area contributed by atoms with E-state index in [0.717, 1.165) is 0 Å². The van der Waals surface area contributed by atoms with E-state index in [1.807, 2.05) is 0 Å². The summed E-state index contributed by atoms with van der Waals surface area (Å²) in [4.78, 5) is 22.1. The topological polar surface area (TPSA) is 105 Å². The molecule has 7 nitrogen and oxygen atoms in total. The molecule has 0 bridgehead atoms. The van der Waals surface area contributed by atoms with Crippen molar-refractivity contribution in [3.8, 4) is 0 Å². The fraction of sp³-hybridized carbons (Fsp3) is 0.0588. The normalized spacial score (nSPS) is 12.4. The SMILES string of the molecule is O=C(N/N=C\C=C\c1ccccc1[N+](=O)[O-])[C@H](O)c1ccccc1. The van der Waals surface area contributed by atoms with Crippen molar-refractivity contribution in [2.45, 2.75) is 6.10 Å². The minimum Gasteiger partial charge on any atom is -0.378 e. The number of hydrogen-bond acceptors (Lipinski definition) is 5. The highest BCUT2D eigenvalue weighted by Gasteiger charge is 2.15. The zero-order valence-electron chi connectivity index (χ0n) is 12.6. The van der Waals surface area contributed by atoms with Crippen LogP contribution in [0.15, 0.2) is 65.8 Å². The van der Waals surface area contributed by atoms with Gasteiger partial charge in [-0.3, -0.25) is 14.9 Å². The zero-order chi connectivity index (χ0) is 17.4. The maximum atomic E-state index is 11.7. The number of hydrazone groups is 1. The van der Waals surface area contributed by atoms with Crippen LogP contribution in [0.1, 0.15) is 17.2 Å². The Bertz CT molecular complexity index is 772. The van der Waals surface area contributed by atoms with E-state index in [1.54, 1.807) is 48.5 Å².